The largest absolute Gasteiger partial charge is 0.339 e. The van der Waals surface area contributed by atoms with E-state index in [1.807, 2.05) is 11.9 Å². The van der Waals surface area contributed by atoms with Crippen LogP contribution < -0.4 is 5.32 Å². The van der Waals surface area contributed by atoms with E-state index in [1.165, 1.54) is 10.4 Å². The number of thiophene rings is 1. The van der Waals surface area contributed by atoms with Crippen molar-refractivity contribution in [2.45, 2.75) is 19.9 Å². The molecule has 0 atom stereocenters. The van der Waals surface area contributed by atoms with E-state index in [0.717, 1.165) is 39.1 Å². The second kappa shape index (κ2) is 7.03. The summed E-state index contributed by atoms with van der Waals surface area (Å²) in [5.74, 6) is 0.217. The Morgan fingerprint density at radius 2 is 2.32 bits per heavy atom. The number of aryl methyl sites for hydroxylation is 1. The van der Waals surface area contributed by atoms with Gasteiger partial charge in [0.25, 0.3) is 0 Å². The van der Waals surface area contributed by atoms with Gasteiger partial charge in [0.1, 0.15) is 0 Å². The van der Waals surface area contributed by atoms with Crippen LogP contribution in [0, 0.1) is 6.92 Å². The lowest BCUT2D eigenvalue weighted by Gasteiger charge is -2.23. The lowest BCUT2D eigenvalue weighted by atomic mass is 10.3. The molecule has 0 spiro atoms. The smallest absolute Gasteiger partial charge is 0.236 e. The van der Waals surface area contributed by atoms with E-state index in [9.17, 15) is 4.79 Å². The van der Waals surface area contributed by atoms with Crippen molar-refractivity contribution in [2.24, 2.45) is 0 Å². The molecule has 19 heavy (non-hydrogen) atoms. The van der Waals surface area contributed by atoms with Gasteiger partial charge in [-0.25, -0.2) is 0 Å². The zero-order valence-corrected chi connectivity index (χ0v) is 12.6. The molecule has 2 heterocycles. The Morgan fingerprint density at radius 1 is 1.47 bits per heavy atom. The fraction of sp³-hybridized carbons (Fsp3) is 0.643. The van der Waals surface area contributed by atoms with Crippen LogP contribution in [0.25, 0.3) is 0 Å². The van der Waals surface area contributed by atoms with Gasteiger partial charge in [-0.2, -0.15) is 0 Å². The number of amides is 1. The number of likely N-dealkylation sites (N-methyl/N-ethyl adjacent to an activating group) is 1. The minimum atomic E-state index is 0.217. The van der Waals surface area contributed by atoms with Crippen LogP contribution in [0.4, 0.5) is 0 Å². The summed E-state index contributed by atoms with van der Waals surface area (Å²) in [5, 5.41) is 5.45. The average Bonchev–Trinajstić information content (AvgIpc) is 2.65. The van der Waals surface area contributed by atoms with E-state index in [4.69, 9.17) is 0 Å². The minimum absolute atomic E-state index is 0.217. The summed E-state index contributed by atoms with van der Waals surface area (Å²) in [5.41, 5.74) is 1.28. The van der Waals surface area contributed by atoms with E-state index in [1.54, 1.807) is 11.3 Å². The van der Waals surface area contributed by atoms with Gasteiger partial charge in [0.15, 0.2) is 0 Å². The predicted octanol–water partition coefficient (Wildman–Crippen LogP) is 1.31. The molecule has 0 saturated carbocycles. The van der Waals surface area contributed by atoms with Gasteiger partial charge in [-0.3, -0.25) is 9.69 Å². The van der Waals surface area contributed by atoms with E-state index in [2.05, 4.69) is 28.6 Å². The maximum atomic E-state index is 12.2. The van der Waals surface area contributed by atoms with Gasteiger partial charge in [-0.05, 0) is 43.4 Å². The molecule has 1 aromatic heterocycles. The zero-order valence-electron chi connectivity index (χ0n) is 11.8. The second-order valence-electron chi connectivity index (χ2n) is 5.16. The second-order valence-corrected chi connectivity index (χ2v) is 6.16. The topological polar surface area (TPSA) is 35.6 Å². The predicted molar refractivity (Wildman–Crippen MR) is 79.5 cm³/mol. The lowest BCUT2D eigenvalue weighted by molar-refractivity contribution is -0.131. The molecule has 0 radical (unpaired) electrons. The molecule has 4 nitrogen and oxygen atoms in total. The van der Waals surface area contributed by atoms with Gasteiger partial charge in [-0.15, -0.1) is 11.3 Å². The van der Waals surface area contributed by atoms with E-state index >= 15 is 0 Å². The number of nitrogens with one attached hydrogen (secondary N) is 1. The SMILES string of the molecule is Cc1ccsc1CN(C)C(=O)CN1CCCNCC1. The third-order valence-corrected chi connectivity index (χ3v) is 4.57. The highest BCUT2D eigenvalue weighted by Gasteiger charge is 2.16. The summed E-state index contributed by atoms with van der Waals surface area (Å²) in [6, 6.07) is 2.11. The number of rotatable bonds is 4. The Balaban J connectivity index is 1.83. The van der Waals surface area contributed by atoms with Crippen LogP contribution in [-0.2, 0) is 11.3 Å². The number of hydrogen-bond donors (Lipinski definition) is 1. The molecule has 2 rings (SSSR count). The van der Waals surface area contributed by atoms with Gasteiger partial charge in [0, 0.05) is 25.0 Å². The van der Waals surface area contributed by atoms with Gasteiger partial charge in [0.2, 0.25) is 5.91 Å². The molecule has 0 aliphatic carbocycles. The Hall–Kier alpha value is -0.910. The summed E-state index contributed by atoms with van der Waals surface area (Å²) in [7, 11) is 1.90. The normalized spacial score (nSPS) is 17.2. The molecule has 1 amide bonds. The third-order valence-electron chi connectivity index (χ3n) is 3.57. The van der Waals surface area contributed by atoms with Crippen molar-refractivity contribution in [1.82, 2.24) is 15.1 Å². The fourth-order valence-corrected chi connectivity index (χ4v) is 3.20. The van der Waals surface area contributed by atoms with Crippen molar-refractivity contribution in [1.29, 1.82) is 0 Å². The van der Waals surface area contributed by atoms with Gasteiger partial charge < -0.3 is 10.2 Å². The summed E-state index contributed by atoms with van der Waals surface area (Å²) < 4.78 is 0. The molecule has 106 valence electrons. The van der Waals surface area contributed by atoms with Crippen LogP contribution in [0.5, 0.6) is 0 Å². The van der Waals surface area contributed by atoms with Crippen molar-refractivity contribution in [3.05, 3.63) is 21.9 Å². The number of hydrogen-bond acceptors (Lipinski definition) is 4. The first-order chi connectivity index (χ1) is 9.16. The van der Waals surface area contributed by atoms with Crippen molar-refractivity contribution < 1.29 is 4.79 Å². The molecule has 1 aliphatic rings. The monoisotopic (exact) mass is 281 g/mol. The first-order valence-corrected chi connectivity index (χ1v) is 7.75. The number of carbonyl (C=O) groups excluding carboxylic acids is 1. The highest BCUT2D eigenvalue weighted by atomic mass is 32.1. The minimum Gasteiger partial charge on any atom is -0.339 e. The quantitative estimate of drug-likeness (QED) is 0.904. The zero-order chi connectivity index (χ0) is 13.7. The Kier molecular flexibility index (Phi) is 5.36. The van der Waals surface area contributed by atoms with Crippen LogP contribution in [0.3, 0.4) is 0 Å². The summed E-state index contributed by atoms with van der Waals surface area (Å²) in [4.78, 5) is 17.6. The van der Waals surface area contributed by atoms with Gasteiger partial charge in [-0.1, -0.05) is 0 Å². The van der Waals surface area contributed by atoms with E-state index < -0.39 is 0 Å². The van der Waals surface area contributed by atoms with Crippen molar-refractivity contribution in [3.63, 3.8) is 0 Å². The molecule has 0 aromatic carbocycles. The highest BCUT2D eigenvalue weighted by Crippen LogP contribution is 2.17. The molecular weight excluding hydrogens is 258 g/mol. The molecular formula is C14H23N3OS. The molecule has 0 unspecified atom stereocenters. The summed E-state index contributed by atoms with van der Waals surface area (Å²) >= 11 is 1.73. The number of nitrogens with zero attached hydrogens (tertiary/aromatic N) is 2. The maximum Gasteiger partial charge on any atom is 0.236 e. The maximum absolute atomic E-state index is 12.2. The van der Waals surface area contributed by atoms with Crippen LogP contribution in [0.2, 0.25) is 0 Å². The van der Waals surface area contributed by atoms with Crippen LogP contribution in [0.1, 0.15) is 16.9 Å². The highest BCUT2D eigenvalue weighted by molar-refractivity contribution is 7.10. The van der Waals surface area contributed by atoms with E-state index in [0.29, 0.717) is 6.54 Å². The Bertz CT molecular complexity index is 411. The van der Waals surface area contributed by atoms with Gasteiger partial charge in [0.05, 0.1) is 13.1 Å². The van der Waals surface area contributed by atoms with Crippen LogP contribution in [-0.4, -0.2) is 55.5 Å². The lowest BCUT2D eigenvalue weighted by Crippen LogP contribution is -2.39. The molecule has 5 heteroatoms. The number of carbonyl (C=O) groups is 1. The van der Waals surface area contributed by atoms with Crippen molar-refractivity contribution in [3.8, 4) is 0 Å². The molecule has 0 bridgehead atoms. The molecule has 1 saturated heterocycles. The first-order valence-electron chi connectivity index (χ1n) is 6.87. The van der Waals surface area contributed by atoms with Crippen molar-refractivity contribution >= 4 is 17.2 Å². The molecule has 1 aliphatic heterocycles. The third kappa shape index (κ3) is 4.30. The molecule has 1 fully saturated rings. The molecule has 1 aromatic rings. The van der Waals surface area contributed by atoms with Crippen LogP contribution in [0.15, 0.2) is 11.4 Å². The van der Waals surface area contributed by atoms with Crippen molar-refractivity contribution in [2.75, 3.05) is 39.8 Å². The van der Waals surface area contributed by atoms with Crippen LogP contribution >= 0.6 is 11.3 Å². The average molecular weight is 281 g/mol. The standard InChI is InChI=1S/C14H23N3OS/c1-12-4-9-19-13(12)10-16(2)14(18)11-17-7-3-5-15-6-8-17/h4,9,15H,3,5-8,10-11H2,1-2H3. The summed E-state index contributed by atoms with van der Waals surface area (Å²) in [6.45, 7) is 7.42. The fourth-order valence-electron chi connectivity index (χ4n) is 2.24. The van der Waals surface area contributed by atoms with E-state index in [-0.39, 0.29) is 5.91 Å². The Labute approximate surface area is 119 Å². The van der Waals surface area contributed by atoms with Gasteiger partial charge >= 0.3 is 0 Å². The first kappa shape index (κ1) is 14.5. The molecule has 1 N–H and O–H groups in total. The summed E-state index contributed by atoms with van der Waals surface area (Å²) in [6.07, 6.45) is 1.13. The Morgan fingerprint density at radius 3 is 3.05 bits per heavy atom.